The monoisotopic (exact) mass is 320 g/mol. The van der Waals surface area contributed by atoms with Crippen LogP contribution in [-0.2, 0) is 11.3 Å². The number of aliphatic imine (C=N–C) groups is 1. The third-order valence-electron chi connectivity index (χ3n) is 2.06. The van der Waals surface area contributed by atoms with E-state index >= 15 is 0 Å². The van der Waals surface area contributed by atoms with E-state index in [1.165, 1.54) is 4.88 Å². The van der Waals surface area contributed by atoms with Gasteiger partial charge in [0.2, 0.25) is 5.96 Å². The second kappa shape index (κ2) is 7.65. The normalized spacial score (nSPS) is 11.6. The van der Waals surface area contributed by atoms with Crippen LogP contribution in [0.5, 0.6) is 0 Å². The van der Waals surface area contributed by atoms with E-state index in [2.05, 4.69) is 37.8 Å². The minimum atomic E-state index is 0.587. The Morgan fingerprint density at radius 1 is 1.71 bits per heavy atom. The minimum Gasteiger partial charge on any atom is -0.383 e. The third kappa shape index (κ3) is 5.03. The maximum absolute atomic E-state index is 5.45. The van der Waals surface area contributed by atoms with Crippen molar-refractivity contribution in [1.82, 2.24) is 10.3 Å². The molecule has 0 saturated heterocycles. The molecule has 0 spiro atoms. The predicted molar refractivity (Wildman–Crippen MR) is 75.0 cm³/mol. The molecule has 0 atom stereocenters. The van der Waals surface area contributed by atoms with Gasteiger partial charge in [-0.3, -0.25) is 5.43 Å². The van der Waals surface area contributed by atoms with Crippen molar-refractivity contribution in [2.75, 3.05) is 27.3 Å². The molecule has 7 heteroatoms. The van der Waals surface area contributed by atoms with Gasteiger partial charge in [0.25, 0.3) is 0 Å². The van der Waals surface area contributed by atoms with Crippen LogP contribution in [0.15, 0.2) is 20.9 Å². The second-order valence-corrected chi connectivity index (χ2v) is 5.34. The molecular weight excluding hydrogens is 304 g/mol. The number of methoxy groups -OCH3 is 1. The molecule has 0 saturated carbocycles. The van der Waals surface area contributed by atoms with Gasteiger partial charge in [-0.2, -0.15) is 0 Å². The van der Waals surface area contributed by atoms with Crippen molar-refractivity contribution in [1.29, 1.82) is 0 Å². The van der Waals surface area contributed by atoms with E-state index in [1.54, 1.807) is 18.4 Å². The number of hydrogen-bond acceptors (Lipinski definition) is 4. The molecule has 1 heterocycles. The van der Waals surface area contributed by atoms with Gasteiger partial charge in [0.15, 0.2) is 0 Å². The van der Waals surface area contributed by atoms with Gasteiger partial charge in [0.1, 0.15) is 0 Å². The summed E-state index contributed by atoms with van der Waals surface area (Å²) >= 11 is 5.13. The van der Waals surface area contributed by atoms with Crippen LogP contribution >= 0.6 is 27.3 Å². The summed E-state index contributed by atoms with van der Waals surface area (Å²) in [6.07, 6.45) is 0. The fourth-order valence-electron chi connectivity index (χ4n) is 1.26. The number of nitrogens with one attached hydrogen (secondary N) is 1. The van der Waals surface area contributed by atoms with Gasteiger partial charge in [-0.05, 0) is 22.0 Å². The summed E-state index contributed by atoms with van der Waals surface area (Å²) in [6.45, 7) is 1.95. The summed E-state index contributed by atoms with van der Waals surface area (Å²) in [5.74, 6) is 6.10. The van der Waals surface area contributed by atoms with Crippen LogP contribution in [0.1, 0.15) is 4.88 Å². The lowest BCUT2D eigenvalue weighted by atomic mass is 10.4. The maximum Gasteiger partial charge on any atom is 0.208 e. The lowest BCUT2D eigenvalue weighted by Crippen LogP contribution is -2.42. The van der Waals surface area contributed by atoms with Crippen molar-refractivity contribution in [3.8, 4) is 0 Å². The Hall–Kier alpha value is -0.630. The van der Waals surface area contributed by atoms with Crippen molar-refractivity contribution in [2.24, 2.45) is 10.8 Å². The number of ether oxygens (including phenoxy) is 1. The van der Waals surface area contributed by atoms with Gasteiger partial charge in [0.05, 0.1) is 19.7 Å². The van der Waals surface area contributed by atoms with E-state index in [-0.39, 0.29) is 0 Å². The first kappa shape index (κ1) is 14.4. The topological polar surface area (TPSA) is 62.9 Å². The average molecular weight is 321 g/mol. The molecule has 1 aromatic rings. The molecule has 0 aromatic carbocycles. The highest BCUT2D eigenvalue weighted by Gasteiger charge is 2.07. The largest absolute Gasteiger partial charge is 0.383 e. The van der Waals surface area contributed by atoms with Crippen LogP contribution in [0.25, 0.3) is 0 Å². The summed E-state index contributed by atoms with van der Waals surface area (Å²) in [6, 6.07) is 2.09. The molecule has 3 N–H and O–H groups in total. The van der Waals surface area contributed by atoms with Crippen LogP contribution in [-0.4, -0.2) is 38.2 Å². The summed E-state index contributed by atoms with van der Waals surface area (Å²) < 4.78 is 6.04. The summed E-state index contributed by atoms with van der Waals surface area (Å²) in [4.78, 5) is 7.52. The van der Waals surface area contributed by atoms with Gasteiger partial charge >= 0.3 is 0 Å². The second-order valence-electron chi connectivity index (χ2n) is 3.43. The van der Waals surface area contributed by atoms with E-state index in [1.807, 2.05) is 11.9 Å². The number of hydrazine groups is 1. The van der Waals surface area contributed by atoms with Crippen LogP contribution in [0, 0.1) is 0 Å². The number of nitrogens with zero attached hydrogens (tertiary/aromatic N) is 2. The Morgan fingerprint density at radius 3 is 3.00 bits per heavy atom. The van der Waals surface area contributed by atoms with Crippen molar-refractivity contribution in [3.63, 3.8) is 0 Å². The molecule has 17 heavy (non-hydrogen) atoms. The van der Waals surface area contributed by atoms with E-state index in [0.717, 1.165) is 11.0 Å². The number of nitrogens with two attached hydrogens (primary N) is 1. The SMILES string of the molecule is COCCN=C(NN)N(C)Cc1cc(Br)cs1. The molecule has 1 rings (SSSR count). The van der Waals surface area contributed by atoms with E-state index in [0.29, 0.717) is 19.1 Å². The first-order valence-corrected chi connectivity index (χ1v) is 6.78. The van der Waals surface area contributed by atoms with Crippen molar-refractivity contribution < 1.29 is 4.74 Å². The van der Waals surface area contributed by atoms with Crippen molar-refractivity contribution >= 4 is 33.2 Å². The van der Waals surface area contributed by atoms with Crippen molar-refractivity contribution in [3.05, 3.63) is 20.8 Å². The molecule has 0 aliphatic rings. The molecule has 96 valence electrons. The first-order chi connectivity index (χ1) is 8.17. The maximum atomic E-state index is 5.45. The smallest absolute Gasteiger partial charge is 0.208 e. The predicted octanol–water partition coefficient (Wildman–Crippen LogP) is 1.41. The van der Waals surface area contributed by atoms with Crippen LogP contribution in [0.4, 0.5) is 0 Å². The molecular formula is C10H17BrN4OS. The highest BCUT2D eigenvalue weighted by molar-refractivity contribution is 9.10. The minimum absolute atomic E-state index is 0.587. The first-order valence-electron chi connectivity index (χ1n) is 5.11. The Kier molecular flexibility index (Phi) is 6.49. The zero-order valence-electron chi connectivity index (χ0n) is 9.94. The zero-order chi connectivity index (χ0) is 12.7. The Bertz CT molecular complexity index is 369. The van der Waals surface area contributed by atoms with E-state index in [9.17, 15) is 0 Å². The number of halogens is 1. The Morgan fingerprint density at radius 2 is 2.47 bits per heavy atom. The standard InChI is InChI=1S/C10H17BrN4OS/c1-15(6-9-5-8(11)7-17-9)10(14-12)13-3-4-16-2/h5,7H,3-4,6,12H2,1-2H3,(H,13,14). The molecule has 0 unspecified atom stereocenters. The van der Waals surface area contributed by atoms with Gasteiger partial charge in [-0.15, -0.1) is 11.3 Å². The average Bonchev–Trinajstić information content (AvgIpc) is 2.70. The highest BCUT2D eigenvalue weighted by atomic mass is 79.9. The Labute approximate surface area is 114 Å². The fraction of sp³-hybridized carbons (Fsp3) is 0.500. The third-order valence-corrected chi connectivity index (χ3v) is 3.74. The number of hydrogen-bond donors (Lipinski definition) is 2. The van der Waals surface area contributed by atoms with Gasteiger partial charge in [-0.25, -0.2) is 10.8 Å². The van der Waals surface area contributed by atoms with Gasteiger partial charge in [0, 0.05) is 28.9 Å². The van der Waals surface area contributed by atoms with E-state index < -0.39 is 0 Å². The Balaban J connectivity index is 2.54. The van der Waals surface area contributed by atoms with Crippen LogP contribution in [0.2, 0.25) is 0 Å². The fourth-order valence-corrected chi connectivity index (χ4v) is 2.77. The summed E-state index contributed by atoms with van der Waals surface area (Å²) in [5, 5.41) is 2.06. The quantitative estimate of drug-likeness (QED) is 0.283. The molecule has 0 amide bonds. The molecule has 0 aliphatic carbocycles. The van der Waals surface area contributed by atoms with Gasteiger partial charge in [-0.1, -0.05) is 0 Å². The molecule has 1 aromatic heterocycles. The van der Waals surface area contributed by atoms with Crippen molar-refractivity contribution in [2.45, 2.75) is 6.54 Å². The highest BCUT2D eigenvalue weighted by Crippen LogP contribution is 2.20. The number of thiophene rings is 1. The molecule has 5 nitrogen and oxygen atoms in total. The van der Waals surface area contributed by atoms with Crippen LogP contribution < -0.4 is 11.3 Å². The molecule has 0 fully saturated rings. The lowest BCUT2D eigenvalue weighted by molar-refractivity contribution is 0.207. The summed E-state index contributed by atoms with van der Waals surface area (Å²) in [7, 11) is 3.59. The van der Waals surface area contributed by atoms with Crippen LogP contribution in [0.3, 0.4) is 0 Å². The lowest BCUT2D eigenvalue weighted by Gasteiger charge is -2.19. The van der Waals surface area contributed by atoms with E-state index in [4.69, 9.17) is 10.6 Å². The number of guanidine groups is 1. The molecule has 0 aliphatic heterocycles. The number of rotatable bonds is 5. The molecule has 0 radical (unpaired) electrons. The summed E-state index contributed by atoms with van der Waals surface area (Å²) in [5.41, 5.74) is 2.60. The zero-order valence-corrected chi connectivity index (χ0v) is 12.3. The van der Waals surface area contributed by atoms with Gasteiger partial charge < -0.3 is 9.64 Å². The molecule has 0 bridgehead atoms.